The Kier molecular flexibility index (Phi) is 3.97. The van der Waals surface area contributed by atoms with Gasteiger partial charge < -0.3 is 15.8 Å². The highest BCUT2D eigenvalue weighted by molar-refractivity contribution is 6.07. The van der Waals surface area contributed by atoms with Gasteiger partial charge in [0.05, 0.1) is 24.7 Å². The van der Waals surface area contributed by atoms with E-state index in [-0.39, 0.29) is 11.7 Å². The van der Waals surface area contributed by atoms with Crippen molar-refractivity contribution >= 4 is 17.4 Å². The Labute approximate surface area is 133 Å². The first-order valence-electron chi connectivity index (χ1n) is 7.04. The number of nitrogen functional groups attached to an aromatic ring is 1. The van der Waals surface area contributed by atoms with Gasteiger partial charge in [-0.2, -0.15) is 5.10 Å². The van der Waals surface area contributed by atoms with Gasteiger partial charge >= 0.3 is 0 Å². The monoisotopic (exact) mass is 308 g/mol. The molecule has 0 saturated carbocycles. The van der Waals surface area contributed by atoms with Gasteiger partial charge in [-0.25, -0.2) is 4.68 Å². The maximum atomic E-state index is 12.4. The second kappa shape index (κ2) is 6.23. The predicted octanol–water partition coefficient (Wildman–Crippen LogP) is 2.72. The lowest BCUT2D eigenvalue weighted by Crippen LogP contribution is -2.14. The number of nitrogens with zero attached hydrogens (tertiary/aromatic N) is 2. The molecule has 3 rings (SSSR count). The van der Waals surface area contributed by atoms with Crippen LogP contribution in [0, 0.1) is 0 Å². The van der Waals surface area contributed by atoms with Crippen LogP contribution in [0.4, 0.5) is 11.5 Å². The molecule has 6 nitrogen and oxygen atoms in total. The normalized spacial score (nSPS) is 10.3. The van der Waals surface area contributed by atoms with E-state index in [0.717, 1.165) is 5.69 Å². The molecule has 1 heterocycles. The minimum atomic E-state index is -0.339. The molecule has 0 aliphatic rings. The summed E-state index contributed by atoms with van der Waals surface area (Å²) in [5.41, 5.74) is 7.74. The first-order chi connectivity index (χ1) is 11.2. The van der Waals surface area contributed by atoms with Crippen LogP contribution in [-0.4, -0.2) is 22.8 Å². The van der Waals surface area contributed by atoms with E-state index in [0.29, 0.717) is 17.0 Å². The molecular formula is C17H16N4O2. The number of para-hydroxylation sites is 3. The van der Waals surface area contributed by atoms with Crippen molar-refractivity contribution in [3.05, 3.63) is 66.4 Å². The number of rotatable bonds is 4. The van der Waals surface area contributed by atoms with Crippen LogP contribution in [0.1, 0.15) is 10.4 Å². The Hall–Kier alpha value is -3.28. The molecule has 0 unspecified atom stereocenters. The molecule has 1 aromatic heterocycles. The van der Waals surface area contributed by atoms with Crippen molar-refractivity contribution in [1.82, 2.24) is 9.78 Å². The molecule has 0 saturated heterocycles. The van der Waals surface area contributed by atoms with Gasteiger partial charge in [0, 0.05) is 0 Å². The minimum Gasteiger partial charge on any atom is -0.495 e. The van der Waals surface area contributed by atoms with Crippen LogP contribution in [0.25, 0.3) is 5.69 Å². The molecule has 6 heteroatoms. The van der Waals surface area contributed by atoms with E-state index in [2.05, 4.69) is 10.4 Å². The SMILES string of the molecule is COc1ccccc1NC(=O)c1cnn(-c2ccccc2)c1N. The van der Waals surface area contributed by atoms with Gasteiger partial charge in [0.15, 0.2) is 0 Å². The Morgan fingerprint density at radius 1 is 1.13 bits per heavy atom. The molecular weight excluding hydrogens is 292 g/mol. The number of aromatic nitrogens is 2. The molecule has 2 aromatic carbocycles. The molecule has 0 bridgehead atoms. The Morgan fingerprint density at radius 3 is 2.57 bits per heavy atom. The quantitative estimate of drug-likeness (QED) is 0.776. The lowest BCUT2D eigenvalue weighted by Gasteiger charge is -2.09. The summed E-state index contributed by atoms with van der Waals surface area (Å²) in [6.07, 6.45) is 1.45. The average molecular weight is 308 g/mol. The summed E-state index contributed by atoms with van der Waals surface area (Å²) in [6.45, 7) is 0. The smallest absolute Gasteiger partial charge is 0.261 e. The molecule has 0 spiro atoms. The molecule has 0 atom stereocenters. The molecule has 116 valence electrons. The Bertz CT molecular complexity index is 828. The summed E-state index contributed by atoms with van der Waals surface area (Å²) in [6, 6.07) is 16.6. The highest BCUT2D eigenvalue weighted by atomic mass is 16.5. The van der Waals surface area contributed by atoms with Gasteiger partial charge in [0.25, 0.3) is 5.91 Å². The van der Waals surface area contributed by atoms with Crippen molar-refractivity contribution in [2.75, 3.05) is 18.2 Å². The topological polar surface area (TPSA) is 82.2 Å². The fourth-order valence-corrected chi connectivity index (χ4v) is 2.25. The highest BCUT2D eigenvalue weighted by Crippen LogP contribution is 2.25. The van der Waals surface area contributed by atoms with Crippen LogP contribution < -0.4 is 15.8 Å². The molecule has 0 radical (unpaired) electrons. The largest absolute Gasteiger partial charge is 0.495 e. The number of amides is 1. The van der Waals surface area contributed by atoms with Crippen molar-refractivity contribution in [3.8, 4) is 11.4 Å². The average Bonchev–Trinajstić information content (AvgIpc) is 2.98. The van der Waals surface area contributed by atoms with E-state index in [1.165, 1.54) is 10.9 Å². The third-order valence-electron chi connectivity index (χ3n) is 3.41. The lowest BCUT2D eigenvalue weighted by atomic mass is 10.2. The van der Waals surface area contributed by atoms with Crippen molar-refractivity contribution in [3.63, 3.8) is 0 Å². The van der Waals surface area contributed by atoms with Crippen LogP contribution in [0.5, 0.6) is 5.75 Å². The zero-order chi connectivity index (χ0) is 16.2. The number of nitrogens with two attached hydrogens (primary N) is 1. The number of ether oxygens (including phenoxy) is 1. The van der Waals surface area contributed by atoms with Crippen LogP contribution in [0.3, 0.4) is 0 Å². The van der Waals surface area contributed by atoms with Crippen LogP contribution >= 0.6 is 0 Å². The zero-order valence-electron chi connectivity index (χ0n) is 12.6. The second-order valence-electron chi connectivity index (χ2n) is 4.85. The van der Waals surface area contributed by atoms with Gasteiger partial charge in [-0.1, -0.05) is 30.3 Å². The standard InChI is InChI=1S/C17H16N4O2/c1-23-15-10-6-5-9-14(15)20-17(22)13-11-19-21(16(13)18)12-7-3-2-4-8-12/h2-11H,18H2,1H3,(H,20,22). The predicted molar refractivity (Wildman–Crippen MR) is 88.9 cm³/mol. The van der Waals surface area contributed by atoms with E-state index < -0.39 is 0 Å². The number of hydrogen-bond acceptors (Lipinski definition) is 4. The van der Waals surface area contributed by atoms with Crippen LogP contribution in [-0.2, 0) is 0 Å². The summed E-state index contributed by atoms with van der Waals surface area (Å²) < 4.78 is 6.74. The minimum absolute atomic E-state index is 0.281. The van der Waals surface area contributed by atoms with Gasteiger partial charge in [0.1, 0.15) is 17.1 Å². The van der Waals surface area contributed by atoms with E-state index in [9.17, 15) is 4.79 Å². The molecule has 1 amide bonds. The maximum Gasteiger partial charge on any atom is 0.261 e. The summed E-state index contributed by atoms with van der Waals surface area (Å²) in [5.74, 6) is 0.521. The number of hydrogen-bond donors (Lipinski definition) is 2. The van der Waals surface area contributed by atoms with Crippen molar-refractivity contribution in [1.29, 1.82) is 0 Å². The number of anilines is 2. The summed E-state index contributed by atoms with van der Waals surface area (Å²) in [5, 5.41) is 6.98. The fourth-order valence-electron chi connectivity index (χ4n) is 2.25. The maximum absolute atomic E-state index is 12.4. The van der Waals surface area contributed by atoms with E-state index in [4.69, 9.17) is 10.5 Å². The number of nitrogens with one attached hydrogen (secondary N) is 1. The number of carbonyl (C=O) groups excluding carboxylic acids is 1. The first-order valence-corrected chi connectivity index (χ1v) is 7.04. The van der Waals surface area contributed by atoms with Crippen LogP contribution in [0.15, 0.2) is 60.8 Å². The van der Waals surface area contributed by atoms with Gasteiger partial charge in [-0.15, -0.1) is 0 Å². The second-order valence-corrected chi connectivity index (χ2v) is 4.85. The Morgan fingerprint density at radius 2 is 1.83 bits per heavy atom. The molecule has 23 heavy (non-hydrogen) atoms. The number of benzene rings is 2. The van der Waals surface area contributed by atoms with E-state index >= 15 is 0 Å². The Balaban J connectivity index is 1.88. The molecule has 3 aromatic rings. The van der Waals surface area contributed by atoms with Gasteiger partial charge in [-0.3, -0.25) is 4.79 Å². The van der Waals surface area contributed by atoms with Crippen molar-refractivity contribution in [2.24, 2.45) is 0 Å². The fraction of sp³-hybridized carbons (Fsp3) is 0.0588. The van der Waals surface area contributed by atoms with Gasteiger partial charge in [0.2, 0.25) is 0 Å². The summed E-state index contributed by atoms with van der Waals surface area (Å²) in [7, 11) is 1.55. The first kappa shape index (κ1) is 14.6. The van der Waals surface area contributed by atoms with Crippen molar-refractivity contribution in [2.45, 2.75) is 0 Å². The molecule has 3 N–H and O–H groups in total. The van der Waals surface area contributed by atoms with E-state index in [1.807, 2.05) is 42.5 Å². The lowest BCUT2D eigenvalue weighted by molar-refractivity contribution is 0.102. The summed E-state index contributed by atoms with van der Waals surface area (Å²) >= 11 is 0. The van der Waals surface area contributed by atoms with Crippen LogP contribution in [0.2, 0.25) is 0 Å². The highest BCUT2D eigenvalue weighted by Gasteiger charge is 2.17. The zero-order valence-corrected chi connectivity index (χ0v) is 12.6. The third kappa shape index (κ3) is 2.87. The number of carbonyl (C=O) groups is 1. The number of methoxy groups -OCH3 is 1. The molecule has 0 aliphatic carbocycles. The van der Waals surface area contributed by atoms with E-state index in [1.54, 1.807) is 19.2 Å². The molecule has 0 aliphatic heterocycles. The molecule has 0 fully saturated rings. The third-order valence-corrected chi connectivity index (χ3v) is 3.41. The summed E-state index contributed by atoms with van der Waals surface area (Å²) in [4.78, 5) is 12.4. The van der Waals surface area contributed by atoms with Gasteiger partial charge in [-0.05, 0) is 24.3 Å². The van der Waals surface area contributed by atoms with Crippen molar-refractivity contribution < 1.29 is 9.53 Å².